The summed E-state index contributed by atoms with van der Waals surface area (Å²) in [6.07, 6.45) is 11.0. The molecule has 0 radical (unpaired) electrons. The third-order valence-corrected chi connectivity index (χ3v) is 6.74. The van der Waals surface area contributed by atoms with Crippen molar-refractivity contribution >= 4 is 11.3 Å². The van der Waals surface area contributed by atoms with E-state index in [0.717, 1.165) is 29.1 Å². The molecule has 0 N–H and O–H groups in total. The first kappa shape index (κ1) is 15.6. The Kier molecular flexibility index (Phi) is 3.44. The molecule has 1 aromatic rings. The van der Waals surface area contributed by atoms with Crippen LogP contribution in [0.15, 0.2) is 34.5 Å². The topological polar surface area (TPSA) is 63.2 Å². The van der Waals surface area contributed by atoms with Crippen LogP contribution in [0.3, 0.4) is 0 Å². The smallest absolute Gasteiger partial charge is 0.139 e. The van der Waals surface area contributed by atoms with Gasteiger partial charge in [-0.1, -0.05) is 18.1 Å². The maximum atomic E-state index is 9.28. The molecule has 0 aromatic heterocycles. The summed E-state index contributed by atoms with van der Waals surface area (Å²) in [6.45, 7) is 0. The Labute approximate surface area is 153 Å². The average Bonchev–Trinajstić information content (AvgIpc) is 3.01. The number of benzene rings is 1. The first-order valence-electron chi connectivity index (χ1n) is 9.82. The molecule has 5 rings (SSSR count). The van der Waals surface area contributed by atoms with Crippen molar-refractivity contribution in [1.29, 1.82) is 10.5 Å². The molecule has 1 spiro atoms. The van der Waals surface area contributed by atoms with Gasteiger partial charge in [0.2, 0.25) is 0 Å². The number of nitrogens with zero attached hydrogens (tertiary/aromatic N) is 4. The van der Waals surface area contributed by atoms with Gasteiger partial charge in [0.1, 0.15) is 23.4 Å². The maximum absolute atomic E-state index is 9.28. The highest BCUT2D eigenvalue weighted by molar-refractivity contribution is 5.74. The lowest BCUT2D eigenvalue weighted by Gasteiger charge is -2.52. The minimum absolute atomic E-state index is 0.116. The molecule has 130 valence electrons. The Hall–Kier alpha value is -2.59. The fourth-order valence-electron chi connectivity index (χ4n) is 5.61. The van der Waals surface area contributed by atoms with Crippen molar-refractivity contribution in [1.82, 2.24) is 0 Å². The van der Waals surface area contributed by atoms with Crippen LogP contribution in [0.5, 0.6) is 0 Å². The van der Waals surface area contributed by atoms with Crippen LogP contribution in [0, 0.1) is 28.6 Å². The van der Waals surface area contributed by atoms with E-state index in [4.69, 9.17) is 4.99 Å². The first-order chi connectivity index (χ1) is 12.8. The molecule has 2 atom stereocenters. The Morgan fingerprint density at radius 3 is 2.81 bits per heavy atom. The molecule has 4 nitrogen and oxygen atoms in total. The van der Waals surface area contributed by atoms with E-state index in [2.05, 4.69) is 4.90 Å². The van der Waals surface area contributed by atoms with Crippen LogP contribution in [-0.4, -0.2) is 5.66 Å². The SMILES string of the molecule is N#CC(C#N)=c1ccc2c(c1)N1C3=C(CCCC3)C[C@H]3CCCC[C@@]31N=2. The van der Waals surface area contributed by atoms with Gasteiger partial charge in [0, 0.05) is 16.8 Å². The monoisotopic (exact) mass is 342 g/mol. The van der Waals surface area contributed by atoms with Gasteiger partial charge in [-0.05, 0) is 63.5 Å². The summed E-state index contributed by atoms with van der Waals surface area (Å²) in [5.74, 6) is 0.597. The summed E-state index contributed by atoms with van der Waals surface area (Å²) in [5.41, 5.74) is 4.31. The van der Waals surface area contributed by atoms with Crippen LogP contribution in [0.1, 0.15) is 57.8 Å². The highest BCUT2D eigenvalue weighted by Crippen LogP contribution is 2.53. The Morgan fingerprint density at radius 1 is 1.12 bits per heavy atom. The zero-order valence-electron chi connectivity index (χ0n) is 15.0. The van der Waals surface area contributed by atoms with Crippen LogP contribution in [0.25, 0.3) is 5.57 Å². The van der Waals surface area contributed by atoms with E-state index in [9.17, 15) is 10.5 Å². The molecular weight excluding hydrogens is 320 g/mol. The van der Waals surface area contributed by atoms with Crippen molar-refractivity contribution in [3.63, 3.8) is 0 Å². The highest BCUT2D eigenvalue weighted by atomic mass is 15.4. The zero-order valence-corrected chi connectivity index (χ0v) is 15.0. The summed E-state index contributed by atoms with van der Waals surface area (Å²) >= 11 is 0. The second-order valence-electron chi connectivity index (χ2n) is 8.03. The minimum Gasteiger partial charge on any atom is -0.318 e. The summed E-state index contributed by atoms with van der Waals surface area (Å²) in [5, 5.41) is 20.3. The van der Waals surface area contributed by atoms with Crippen LogP contribution in [0.4, 0.5) is 5.69 Å². The molecule has 2 heterocycles. The first-order valence-corrected chi connectivity index (χ1v) is 9.82. The lowest BCUT2D eigenvalue weighted by molar-refractivity contribution is 0.176. The Bertz CT molecular complexity index is 1000. The molecule has 0 unspecified atom stereocenters. The van der Waals surface area contributed by atoms with Crippen LogP contribution < -0.4 is 15.5 Å². The van der Waals surface area contributed by atoms with Crippen molar-refractivity contribution < 1.29 is 0 Å². The second-order valence-corrected chi connectivity index (χ2v) is 8.03. The van der Waals surface area contributed by atoms with Crippen molar-refractivity contribution in [2.75, 3.05) is 4.90 Å². The van der Waals surface area contributed by atoms with Gasteiger partial charge in [-0.25, -0.2) is 0 Å². The molecule has 4 heteroatoms. The number of hydrogen-bond acceptors (Lipinski definition) is 4. The van der Waals surface area contributed by atoms with Crippen molar-refractivity contribution in [3.05, 3.63) is 40.0 Å². The van der Waals surface area contributed by atoms with Gasteiger partial charge in [-0.15, -0.1) is 0 Å². The largest absolute Gasteiger partial charge is 0.318 e. The predicted molar refractivity (Wildman–Crippen MR) is 99.1 cm³/mol. The molecule has 2 aliphatic carbocycles. The standard InChI is InChI=1S/C22H22N4/c23-13-17(14-24)15-8-9-19-21(12-15)26-20-7-2-1-5-16(20)11-18-6-3-4-10-22(18,26)25-19/h8-9,12,18H,1-7,10-11H2/t18-,22+/m1/s1. The van der Waals surface area contributed by atoms with Gasteiger partial charge >= 0.3 is 0 Å². The van der Waals surface area contributed by atoms with Gasteiger partial charge in [-0.3, -0.25) is 4.99 Å². The van der Waals surface area contributed by atoms with Gasteiger partial charge < -0.3 is 4.90 Å². The number of rotatable bonds is 0. The lowest BCUT2D eigenvalue weighted by Crippen LogP contribution is -2.55. The molecule has 4 aliphatic rings. The number of nitriles is 2. The molecular formula is C22H22N4. The summed E-state index contributed by atoms with van der Waals surface area (Å²) in [4.78, 5) is 7.83. The molecule has 0 amide bonds. The number of allylic oxidation sites excluding steroid dienone is 2. The van der Waals surface area contributed by atoms with Crippen LogP contribution >= 0.6 is 0 Å². The van der Waals surface area contributed by atoms with Gasteiger partial charge in [0.05, 0.1) is 11.0 Å². The van der Waals surface area contributed by atoms with Gasteiger partial charge in [0.15, 0.2) is 0 Å². The molecule has 2 aliphatic heterocycles. The van der Waals surface area contributed by atoms with E-state index >= 15 is 0 Å². The minimum atomic E-state index is -0.116. The van der Waals surface area contributed by atoms with E-state index in [1.165, 1.54) is 50.6 Å². The Morgan fingerprint density at radius 2 is 1.96 bits per heavy atom. The van der Waals surface area contributed by atoms with E-state index in [0.29, 0.717) is 5.92 Å². The van der Waals surface area contributed by atoms with Crippen molar-refractivity contribution in [2.45, 2.75) is 63.5 Å². The van der Waals surface area contributed by atoms with Crippen molar-refractivity contribution in [3.8, 4) is 12.1 Å². The van der Waals surface area contributed by atoms with Crippen LogP contribution in [-0.2, 0) is 0 Å². The molecule has 0 saturated heterocycles. The predicted octanol–water partition coefficient (Wildman–Crippen LogP) is 3.44. The van der Waals surface area contributed by atoms with Crippen LogP contribution in [0.2, 0.25) is 0 Å². The quantitative estimate of drug-likeness (QED) is 0.725. The maximum Gasteiger partial charge on any atom is 0.139 e. The van der Waals surface area contributed by atoms with E-state index in [1.807, 2.05) is 30.3 Å². The number of anilines is 1. The summed E-state index contributed by atoms with van der Waals surface area (Å²) in [7, 11) is 0. The highest BCUT2D eigenvalue weighted by Gasteiger charge is 2.53. The molecule has 26 heavy (non-hydrogen) atoms. The molecule has 1 fully saturated rings. The summed E-state index contributed by atoms with van der Waals surface area (Å²) in [6, 6.07) is 10.0. The van der Waals surface area contributed by atoms with E-state index in [1.54, 1.807) is 5.57 Å². The zero-order chi connectivity index (χ0) is 17.7. The fourth-order valence-corrected chi connectivity index (χ4v) is 5.61. The average molecular weight is 342 g/mol. The van der Waals surface area contributed by atoms with Crippen molar-refractivity contribution in [2.24, 2.45) is 10.9 Å². The normalized spacial score (nSPS) is 28.7. The lowest BCUT2D eigenvalue weighted by atomic mass is 9.70. The number of hydrogen-bond donors (Lipinski definition) is 0. The Balaban J connectivity index is 1.77. The summed E-state index contributed by atoms with van der Waals surface area (Å²) < 4.78 is 0. The molecule has 1 aromatic carbocycles. The molecule has 1 saturated carbocycles. The third-order valence-electron chi connectivity index (χ3n) is 6.74. The van der Waals surface area contributed by atoms with E-state index < -0.39 is 0 Å². The molecule has 0 bridgehead atoms. The van der Waals surface area contributed by atoms with E-state index in [-0.39, 0.29) is 11.2 Å². The van der Waals surface area contributed by atoms with Gasteiger partial charge in [-0.2, -0.15) is 10.5 Å². The van der Waals surface area contributed by atoms with Gasteiger partial charge in [0.25, 0.3) is 0 Å². The third kappa shape index (κ3) is 2.02. The number of fused-ring (bicyclic) bond motifs is 3. The fraction of sp³-hybridized carbons (Fsp3) is 0.500. The second kappa shape index (κ2) is 5.71.